The second-order valence-electron chi connectivity index (χ2n) is 3.63. The number of aliphatic hydroxyl groups excluding tert-OH is 1. The molecule has 0 aliphatic heterocycles. The first-order chi connectivity index (χ1) is 8.54. The minimum Gasteiger partial charge on any atom is -0.483 e. The zero-order valence-corrected chi connectivity index (χ0v) is 9.94. The molecule has 1 rings (SSSR count). The molecule has 1 amide bonds. The van der Waals surface area contributed by atoms with Crippen molar-refractivity contribution in [3.8, 4) is 18.1 Å². The van der Waals surface area contributed by atoms with Crippen molar-refractivity contribution < 1.29 is 19.0 Å². The van der Waals surface area contributed by atoms with E-state index in [0.29, 0.717) is 5.56 Å². The fourth-order valence-electron chi connectivity index (χ4n) is 1.32. The Morgan fingerprint density at radius 1 is 1.67 bits per heavy atom. The van der Waals surface area contributed by atoms with E-state index in [1.807, 2.05) is 0 Å². The van der Waals surface area contributed by atoms with Crippen molar-refractivity contribution in [2.45, 2.75) is 13.0 Å². The number of carbonyl (C=O) groups excluding carboxylic acids is 1. The zero-order valence-electron chi connectivity index (χ0n) is 9.94. The summed E-state index contributed by atoms with van der Waals surface area (Å²) in [6.45, 7) is 1.35. The highest BCUT2D eigenvalue weighted by molar-refractivity contribution is 5.77. The number of halogens is 1. The molecule has 0 unspecified atom stereocenters. The predicted molar refractivity (Wildman–Crippen MR) is 64.4 cm³/mol. The summed E-state index contributed by atoms with van der Waals surface area (Å²) in [5.74, 6) is 1.48. The van der Waals surface area contributed by atoms with Crippen LogP contribution < -0.4 is 10.1 Å². The van der Waals surface area contributed by atoms with Crippen molar-refractivity contribution in [1.82, 2.24) is 5.32 Å². The van der Waals surface area contributed by atoms with Crippen LogP contribution in [0.4, 0.5) is 4.39 Å². The summed E-state index contributed by atoms with van der Waals surface area (Å²) in [4.78, 5) is 11.3. The summed E-state index contributed by atoms with van der Waals surface area (Å²) < 4.78 is 18.2. The first kappa shape index (κ1) is 14.0. The van der Waals surface area contributed by atoms with Crippen LogP contribution in [-0.2, 0) is 4.79 Å². The lowest BCUT2D eigenvalue weighted by atomic mass is 10.1. The molecule has 0 aliphatic rings. The molecule has 18 heavy (non-hydrogen) atoms. The number of rotatable bonds is 5. The van der Waals surface area contributed by atoms with Crippen LogP contribution in [0.2, 0.25) is 0 Å². The highest BCUT2D eigenvalue weighted by Crippen LogP contribution is 2.25. The topological polar surface area (TPSA) is 58.6 Å². The maximum atomic E-state index is 13.0. The summed E-state index contributed by atoms with van der Waals surface area (Å²) in [6.07, 6.45) is 4.17. The lowest BCUT2D eigenvalue weighted by molar-refractivity contribution is -0.122. The molecule has 0 bridgehead atoms. The fourth-order valence-corrected chi connectivity index (χ4v) is 1.32. The second-order valence-corrected chi connectivity index (χ2v) is 3.63. The number of amides is 1. The Kier molecular flexibility index (Phi) is 5.15. The van der Waals surface area contributed by atoms with Gasteiger partial charge in [-0.2, -0.15) is 0 Å². The lowest BCUT2D eigenvalue weighted by Gasteiger charge is -2.13. The number of ether oxygens (including phenoxy) is 1. The van der Waals surface area contributed by atoms with Crippen LogP contribution in [0.15, 0.2) is 18.2 Å². The molecule has 1 aromatic rings. The molecule has 0 aliphatic carbocycles. The van der Waals surface area contributed by atoms with Gasteiger partial charge >= 0.3 is 0 Å². The Morgan fingerprint density at radius 2 is 2.39 bits per heavy atom. The molecule has 0 spiro atoms. The van der Waals surface area contributed by atoms with Gasteiger partial charge in [0.25, 0.3) is 5.91 Å². The summed E-state index contributed by atoms with van der Waals surface area (Å²) in [6, 6.07) is 3.75. The van der Waals surface area contributed by atoms with Gasteiger partial charge in [-0.05, 0) is 19.1 Å². The van der Waals surface area contributed by atoms with Crippen molar-refractivity contribution in [2.75, 3.05) is 13.2 Å². The smallest absolute Gasteiger partial charge is 0.258 e. The van der Waals surface area contributed by atoms with Crippen molar-refractivity contribution in [1.29, 1.82) is 0 Å². The van der Waals surface area contributed by atoms with Crippen LogP contribution in [0.3, 0.4) is 0 Å². The maximum Gasteiger partial charge on any atom is 0.258 e. The van der Waals surface area contributed by atoms with Crippen molar-refractivity contribution in [3.05, 3.63) is 29.6 Å². The third-order valence-electron chi connectivity index (χ3n) is 2.17. The Morgan fingerprint density at radius 3 is 3.00 bits per heavy atom. The van der Waals surface area contributed by atoms with E-state index in [1.165, 1.54) is 19.1 Å². The monoisotopic (exact) mass is 251 g/mol. The first-order valence-electron chi connectivity index (χ1n) is 5.35. The Labute approximate surface area is 105 Å². The number of nitrogens with one attached hydrogen (secondary N) is 1. The minimum atomic E-state index is -0.811. The predicted octanol–water partition coefficient (Wildman–Crippen LogP) is 1.01. The Hall–Kier alpha value is -2.06. The first-order valence-corrected chi connectivity index (χ1v) is 5.35. The fraction of sp³-hybridized carbons (Fsp3) is 0.308. The van der Waals surface area contributed by atoms with Crippen molar-refractivity contribution in [2.24, 2.45) is 0 Å². The molecule has 0 aromatic heterocycles. The van der Waals surface area contributed by atoms with E-state index >= 15 is 0 Å². The molecule has 0 heterocycles. The third kappa shape index (κ3) is 4.07. The molecule has 0 fully saturated rings. The summed E-state index contributed by atoms with van der Waals surface area (Å²) in [7, 11) is 0. The highest BCUT2D eigenvalue weighted by atomic mass is 19.1. The van der Waals surface area contributed by atoms with Gasteiger partial charge in [0.1, 0.15) is 11.6 Å². The molecule has 0 saturated heterocycles. The van der Waals surface area contributed by atoms with E-state index in [4.69, 9.17) is 11.2 Å². The van der Waals surface area contributed by atoms with E-state index in [9.17, 15) is 14.3 Å². The minimum absolute atomic E-state index is 0.106. The molecular weight excluding hydrogens is 237 g/mol. The average Bonchev–Trinajstić information content (AvgIpc) is 2.33. The van der Waals surface area contributed by atoms with Gasteiger partial charge in [0.05, 0.1) is 12.6 Å². The molecular formula is C13H14FNO3. The highest BCUT2D eigenvalue weighted by Gasteiger charge is 2.11. The van der Waals surface area contributed by atoms with E-state index in [0.717, 1.165) is 6.07 Å². The van der Waals surface area contributed by atoms with Crippen LogP contribution in [0.25, 0.3) is 0 Å². The molecule has 96 valence electrons. The Balaban J connectivity index is 2.69. The lowest BCUT2D eigenvalue weighted by Crippen LogP contribution is -2.29. The molecule has 0 saturated carbocycles. The van der Waals surface area contributed by atoms with Gasteiger partial charge in [-0.3, -0.25) is 4.79 Å². The molecule has 4 nitrogen and oxygen atoms in total. The van der Waals surface area contributed by atoms with E-state index in [-0.39, 0.29) is 18.9 Å². The van der Waals surface area contributed by atoms with Crippen LogP contribution >= 0.6 is 0 Å². The van der Waals surface area contributed by atoms with Crippen LogP contribution in [0.5, 0.6) is 5.75 Å². The molecule has 1 aromatic carbocycles. The van der Waals surface area contributed by atoms with Crippen molar-refractivity contribution in [3.63, 3.8) is 0 Å². The van der Waals surface area contributed by atoms with E-state index in [2.05, 4.69) is 11.2 Å². The van der Waals surface area contributed by atoms with Crippen LogP contribution in [-0.4, -0.2) is 24.2 Å². The maximum absolute atomic E-state index is 13.0. The average molecular weight is 251 g/mol. The summed E-state index contributed by atoms with van der Waals surface area (Å²) >= 11 is 0. The summed E-state index contributed by atoms with van der Waals surface area (Å²) in [5.41, 5.74) is 0.418. The number of hydrogen-bond donors (Lipinski definition) is 2. The molecule has 5 heteroatoms. The largest absolute Gasteiger partial charge is 0.483 e. The van der Waals surface area contributed by atoms with Gasteiger partial charge in [0.2, 0.25) is 0 Å². The SMILES string of the molecule is C#CCNC(=O)COc1cc(F)ccc1[C@@H](C)O. The third-order valence-corrected chi connectivity index (χ3v) is 2.17. The van der Waals surface area contributed by atoms with Gasteiger partial charge in [0.15, 0.2) is 6.61 Å². The molecule has 2 N–H and O–H groups in total. The van der Waals surface area contributed by atoms with E-state index in [1.54, 1.807) is 0 Å². The number of aliphatic hydroxyl groups is 1. The van der Waals surface area contributed by atoms with Gasteiger partial charge in [-0.15, -0.1) is 6.42 Å². The summed E-state index contributed by atoms with van der Waals surface area (Å²) in [5, 5.41) is 11.9. The van der Waals surface area contributed by atoms with Crippen LogP contribution in [0.1, 0.15) is 18.6 Å². The van der Waals surface area contributed by atoms with E-state index < -0.39 is 17.8 Å². The van der Waals surface area contributed by atoms with Gasteiger partial charge in [0, 0.05) is 11.6 Å². The standard InChI is InChI=1S/C13H14FNO3/c1-3-6-15-13(17)8-18-12-7-10(14)4-5-11(12)9(2)16/h1,4-5,7,9,16H,6,8H2,2H3,(H,15,17)/t9-/m1/s1. The molecule has 1 atom stereocenters. The zero-order chi connectivity index (χ0) is 13.5. The van der Waals surface area contributed by atoms with Crippen LogP contribution in [0, 0.1) is 18.2 Å². The second kappa shape index (κ2) is 6.62. The molecule has 0 radical (unpaired) electrons. The number of hydrogen-bond acceptors (Lipinski definition) is 3. The normalized spacial score (nSPS) is 11.4. The van der Waals surface area contributed by atoms with Gasteiger partial charge < -0.3 is 15.2 Å². The number of terminal acetylenes is 1. The van der Waals surface area contributed by atoms with Crippen molar-refractivity contribution >= 4 is 5.91 Å². The number of benzene rings is 1. The van der Waals surface area contributed by atoms with Gasteiger partial charge in [-0.25, -0.2) is 4.39 Å². The van der Waals surface area contributed by atoms with Gasteiger partial charge in [-0.1, -0.05) is 5.92 Å². The number of carbonyl (C=O) groups is 1. The quantitative estimate of drug-likeness (QED) is 0.768. The Bertz CT molecular complexity index is 466.